The molecule has 0 saturated heterocycles. The van der Waals surface area contributed by atoms with E-state index in [1.54, 1.807) is 25.7 Å². The lowest BCUT2D eigenvalue weighted by Crippen LogP contribution is -2.13. The standard InChI is InChI=1S/C27H54/c1-3-5-7-9-11-13-15-18-22-26-24-20-17-21-25-27(26)23-19-16-14-12-10-8-6-4-2/h26-27H,3-25H2,1-2H3. The molecule has 0 heterocycles. The van der Waals surface area contributed by atoms with Crippen LogP contribution in [0.1, 0.15) is 162 Å². The monoisotopic (exact) mass is 378 g/mol. The van der Waals surface area contributed by atoms with E-state index in [1.165, 1.54) is 122 Å². The highest BCUT2D eigenvalue weighted by atomic mass is 14.3. The molecule has 1 aliphatic rings. The fourth-order valence-electron chi connectivity index (χ4n) is 5.30. The first-order valence-corrected chi connectivity index (χ1v) is 13.4. The largest absolute Gasteiger partial charge is 0.0654 e. The maximum atomic E-state index is 2.32. The van der Waals surface area contributed by atoms with Crippen molar-refractivity contribution in [3.05, 3.63) is 0 Å². The summed E-state index contributed by atoms with van der Waals surface area (Å²) < 4.78 is 0. The van der Waals surface area contributed by atoms with Crippen molar-refractivity contribution in [2.75, 3.05) is 0 Å². The Morgan fingerprint density at radius 1 is 0.407 bits per heavy atom. The van der Waals surface area contributed by atoms with Crippen molar-refractivity contribution in [1.29, 1.82) is 0 Å². The summed E-state index contributed by atoms with van der Waals surface area (Å²) in [5, 5.41) is 0. The summed E-state index contributed by atoms with van der Waals surface area (Å²) >= 11 is 0. The Hall–Kier alpha value is 0. The molecule has 0 amide bonds. The Labute approximate surface area is 173 Å². The Kier molecular flexibility index (Phi) is 17.9. The minimum atomic E-state index is 1.08. The number of hydrogen-bond donors (Lipinski definition) is 0. The first kappa shape index (κ1) is 25.0. The van der Waals surface area contributed by atoms with Crippen molar-refractivity contribution in [2.45, 2.75) is 162 Å². The summed E-state index contributed by atoms with van der Waals surface area (Å²) in [4.78, 5) is 0. The molecule has 162 valence electrons. The van der Waals surface area contributed by atoms with Crippen molar-refractivity contribution >= 4 is 0 Å². The normalized spacial score (nSPS) is 20.7. The molecule has 0 aromatic rings. The fraction of sp³-hybridized carbons (Fsp3) is 1.00. The van der Waals surface area contributed by atoms with Gasteiger partial charge in [-0.1, -0.05) is 162 Å². The smallest absolute Gasteiger partial charge is 0.0386 e. The average Bonchev–Trinajstić information content (AvgIpc) is 2.91. The van der Waals surface area contributed by atoms with E-state index in [9.17, 15) is 0 Å². The van der Waals surface area contributed by atoms with Gasteiger partial charge in [-0.25, -0.2) is 0 Å². The van der Waals surface area contributed by atoms with Crippen LogP contribution in [0.4, 0.5) is 0 Å². The predicted octanol–water partition coefficient (Wildman–Crippen LogP) is 10.2. The lowest BCUT2D eigenvalue weighted by molar-refractivity contribution is 0.263. The van der Waals surface area contributed by atoms with Gasteiger partial charge in [0.1, 0.15) is 0 Å². The Morgan fingerprint density at radius 2 is 0.741 bits per heavy atom. The molecule has 0 N–H and O–H groups in total. The maximum Gasteiger partial charge on any atom is -0.0386 e. The van der Waals surface area contributed by atoms with Crippen LogP contribution in [0.15, 0.2) is 0 Å². The average molecular weight is 379 g/mol. The molecule has 1 fully saturated rings. The van der Waals surface area contributed by atoms with Gasteiger partial charge in [-0.05, 0) is 11.8 Å². The van der Waals surface area contributed by atoms with Gasteiger partial charge in [0, 0.05) is 0 Å². The van der Waals surface area contributed by atoms with E-state index in [0.717, 1.165) is 11.8 Å². The van der Waals surface area contributed by atoms with Gasteiger partial charge in [-0.2, -0.15) is 0 Å². The van der Waals surface area contributed by atoms with Crippen molar-refractivity contribution in [3.8, 4) is 0 Å². The minimum Gasteiger partial charge on any atom is -0.0654 e. The number of rotatable bonds is 18. The van der Waals surface area contributed by atoms with Gasteiger partial charge in [0.05, 0.1) is 0 Å². The van der Waals surface area contributed by atoms with Crippen LogP contribution in [-0.4, -0.2) is 0 Å². The lowest BCUT2D eigenvalue weighted by Gasteiger charge is -2.25. The van der Waals surface area contributed by atoms with Crippen molar-refractivity contribution < 1.29 is 0 Å². The zero-order valence-corrected chi connectivity index (χ0v) is 19.4. The van der Waals surface area contributed by atoms with Gasteiger partial charge in [-0.15, -0.1) is 0 Å². The third-order valence-corrected chi connectivity index (χ3v) is 7.17. The molecule has 0 heteroatoms. The molecule has 2 atom stereocenters. The third-order valence-electron chi connectivity index (χ3n) is 7.17. The predicted molar refractivity (Wildman–Crippen MR) is 125 cm³/mol. The van der Waals surface area contributed by atoms with Gasteiger partial charge >= 0.3 is 0 Å². The summed E-state index contributed by atoms with van der Waals surface area (Å²) in [5.41, 5.74) is 0. The molecule has 1 rings (SSSR count). The van der Waals surface area contributed by atoms with Crippen LogP contribution >= 0.6 is 0 Å². The van der Waals surface area contributed by atoms with Crippen LogP contribution < -0.4 is 0 Å². The quantitative estimate of drug-likeness (QED) is 0.164. The molecule has 1 aliphatic carbocycles. The summed E-state index contributed by atoms with van der Waals surface area (Å²) in [6, 6.07) is 0. The van der Waals surface area contributed by atoms with Crippen molar-refractivity contribution in [2.24, 2.45) is 11.8 Å². The number of unbranched alkanes of at least 4 members (excludes halogenated alkanes) is 14. The van der Waals surface area contributed by atoms with Gasteiger partial charge in [0.25, 0.3) is 0 Å². The summed E-state index contributed by atoms with van der Waals surface area (Å²) in [7, 11) is 0. The van der Waals surface area contributed by atoms with Crippen LogP contribution in [0.25, 0.3) is 0 Å². The molecule has 0 bridgehead atoms. The minimum absolute atomic E-state index is 1.08. The highest BCUT2D eigenvalue weighted by Gasteiger charge is 2.22. The van der Waals surface area contributed by atoms with E-state index in [-0.39, 0.29) is 0 Å². The molecular weight excluding hydrogens is 324 g/mol. The molecule has 0 spiro atoms. The van der Waals surface area contributed by atoms with Crippen molar-refractivity contribution in [3.63, 3.8) is 0 Å². The van der Waals surface area contributed by atoms with E-state index in [1.807, 2.05) is 0 Å². The van der Waals surface area contributed by atoms with Gasteiger partial charge in [0.15, 0.2) is 0 Å². The van der Waals surface area contributed by atoms with Crippen LogP contribution in [0.2, 0.25) is 0 Å². The molecule has 0 nitrogen and oxygen atoms in total. The molecule has 27 heavy (non-hydrogen) atoms. The second-order valence-electron chi connectivity index (χ2n) is 9.69. The van der Waals surface area contributed by atoms with Crippen LogP contribution in [-0.2, 0) is 0 Å². The summed E-state index contributed by atoms with van der Waals surface area (Å²) in [6.07, 6.45) is 34.4. The van der Waals surface area contributed by atoms with E-state index >= 15 is 0 Å². The molecule has 2 unspecified atom stereocenters. The molecule has 1 saturated carbocycles. The van der Waals surface area contributed by atoms with Gasteiger partial charge in [0.2, 0.25) is 0 Å². The molecule has 0 aliphatic heterocycles. The Morgan fingerprint density at radius 3 is 1.11 bits per heavy atom. The first-order valence-electron chi connectivity index (χ1n) is 13.4. The third kappa shape index (κ3) is 14.6. The molecule has 0 aromatic heterocycles. The SMILES string of the molecule is CCCCCCCCCCC1CCCCCC1CCCCCCCCCC. The second-order valence-corrected chi connectivity index (χ2v) is 9.69. The highest BCUT2D eigenvalue weighted by Crippen LogP contribution is 2.35. The lowest BCUT2D eigenvalue weighted by atomic mass is 9.81. The van der Waals surface area contributed by atoms with E-state index in [4.69, 9.17) is 0 Å². The molecule has 0 aromatic carbocycles. The summed E-state index contributed by atoms with van der Waals surface area (Å²) in [5.74, 6) is 2.16. The van der Waals surface area contributed by atoms with Crippen LogP contribution in [0.5, 0.6) is 0 Å². The molecular formula is C27H54. The van der Waals surface area contributed by atoms with E-state index in [2.05, 4.69) is 13.8 Å². The fourth-order valence-corrected chi connectivity index (χ4v) is 5.30. The van der Waals surface area contributed by atoms with E-state index < -0.39 is 0 Å². The highest BCUT2D eigenvalue weighted by molar-refractivity contribution is 4.74. The van der Waals surface area contributed by atoms with Crippen LogP contribution in [0.3, 0.4) is 0 Å². The zero-order chi connectivity index (χ0) is 19.4. The first-order chi connectivity index (χ1) is 13.4. The second kappa shape index (κ2) is 19.3. The van der Waals surface area contributed by atoms with Gasteiger partial charge < -0.3 is 0 Å². The topological polar surface area (TPSA) is 0 Å². The zero-order valence-electron chi connectivity index (χ0n) is 19.4. The maximum absolute atomic E-state index is 2.32. The van der Waals surface area contributed by atoms with Gasteiger partial charge in [-0.3, -0.25) is 0 Å². The van der Waals surface area contributed by atoms with Crippen molar-refractivity contribution in [1.82, 2.24) is 0 Å². The number of hydrogen-bond acceptors (Lipinski definition) is 0. The Balaban J connectivity index is 2.07. The Bertz CT molecular complexity index is 254. The van der Waals surface area contributed by atoms with E-state index in [0.29, 0.717) is 0 Å². The van der Waals surface area contributed by atoms with Crippen LogP contribution in [0, 0.1) is 11.8 Å². The summed E-state index contributed by atoms with van der Waals surface area (Å²) in [6.45, 7) is 4.63. The molecule has 0 radical (unpaired) electrons.